The number of carboxylic acids is 1. The van der Waals surface area contributed by atoms with Crippen LogP contribution in [0.25, 0.3) is 11.1 Å². The number of hydrogen-bond donors (Lipinski definition) is 2. The van der Waals surface area contributed by atoms with Gasteiger partial charge in [-0.3, -0.25) is 14.4 Å². The molecule has 0 bridgehead atoms. The summed E-state index contributed by atoms with van der Waals surface area (Å²) < 4.78 is 77.7. The Balaban J connectivity index is 1.82. The molecule has 0 spiro atoms. The zero-order valence-electron chi connectivity index (χ0n) is 26.3. The summed E-state index contributed by atoms with van der Waals surface area (Å²) in [5.41, 5.74) is -0.960. The molecule has 47 heavy (non-hydrogen) atoms. The lowest BCUT2D eigenvalue weighted by Gasteiger charge is -2.29. The second-order valence-electron chi connectivity index (χ2n) is 12.4. The Kier molecular flexibility index (Phi) is 10.6. The molecule has 7 nitrogen and oxygen atoms in total. The van der Waals surface area contributed by atoms with Crippen LogP contribution in [0.2, 0.25) is 0 Å². The maximum absolute atomic E-state index is 15.8. The lowest BCUT2D eigenvalue weighted by atomic mass is 9.90. The number of aliphatic carboxylic acids is 1. The second-order valence-corrected chi connectivity index (χ2v) is 12.4. The van der Waals surface area contributed by atoms with E-state index in [2.05, 4.69) is 11.2 Å². The molecule has 1 aliphatic rings. The van der Waals surface area contributed by atoms with Crippen molar-refractivity contribution in [2.75, 3.05) is 13.2 Å². The molecule has 2 N–H and O–H groups in total. The van der Waals surface area contributed by atoms with E-state index in [1.807, 2.05) is 0 Å². The number of terminal acetylenes is 1. The molecule has 0 unspecified atom stereocenters. The fourth-order valence-corrected chi connectivity index (χ4v) is 5.97. The summed E-state index contributed by atoms with van der Waals surface area (Å²) in [5.74, 6) is -1.95. The molecular formula is C35H35F5N2O5. The fraction of sp³-hybridized carbons (Fsp3) is 0.400. The van der Waals surface area contributed by atoms with Crippen LogP contribution in [-0.2, 0) is 26.9 Å². The molecule has 0 aliphatic carbocycles. The van der Waals surface area contributed by atoms with Gasteiger partial charge in [0, 0.05) is 23.7 Å². The van der Waals surface area contributed by atoms with Gasteiger partial charge in [0.05, 0.1) is 36.8 Å². The topological polar surface area (TPSA) is 97.6 Å². The first kappa shape index (κ1) is 35.4. The summed E-state index contributed by atoms with van der Waals surface area (Å²) in [4.78, 5) is 39.1. The van der Waals surface area contributed by atoms with Crippen LogP contribution in [0.4, 0.5) is 22.0 Å². The van der Waals surface area contributed by atoms with Crippen molar-refractivity contribution in [2.45, 2.75) is 65.2 Å². The zero-order valence-corrected chi connectivity index (χ0v) is 26.3. The third-order valence-electron chi connectivity index (χ3n) is 8.13. The Morgan fingerprint density at radius 3 is 2.26 bits per heavy atom. The number of halogens is 5. The van der Waals surface area contributed by atoms with Crippen LogP contribution in [0.3, 0.4) is 0 Å². The zero-order chi connectivity index (χ0) is 34.8. The van der Waals surface area contributed by atoms with Crippen molar-refractivity contribution in [3.8, 4) is 23.5 Å². The van der Waals surface area contributed by atoms with Gasteiger partial charge in [-0.2, -0.15) is 13.2 Å². The second kappa shape index (κ2) is 14.1. The van der Waals surface area contributed by atoms with Gasteiger partial charge in [-0.1, -0.05) is 19.8 Å². The average Bonchev–Trinajstić information content (AvgIpc) is 2.93. The number of nitrogens with one attached hydrogen (secondary N) is 1. The Morgan fingerprint density at radius 1 is 1.11 bits per heavy atom. The Bertz CT molecular complexity index is 1760. The molecule has 2 aromatic carbocycles. The van der Waals surface area contributed by atoms with Crippen molar-refractivity contribution >= 4 is 11.9 Å². The van der Waals surface area contributed by atoms with Gasteiger partial charge in [-0.15, -0.1) is 6.42 Å². The van der Waals surface area contributed by atoms with E-state index in [-0.39, 0.29) is 54.6 Å². The van der Waals surface area contributed by atoms with Crippen LogP contribution in [0.1, 0.15) is 72.2 Å². The van der Waals surface area contributed by atoms with Crippen molar-refractivity contribution in [1.82, 2.24) is 9.88 Å². The van der Waals surface area contributed by atoms with Crippen molar-refractivity contribution < 1.29 is 41.4 Å². The van der Waals surface area contributed by atoms with Gasteiger partial charge < -0.3 is 19.7 Å². The first-order valence-electron chi connectivity index (χ1n) is 15.0. The maximum Gasteiger partial charge on any atom is 0.416 e. The van der Waals surface area contributed by atoms with Crippen LogP contribution in [0.5, 0.6) is 0 Å². The molecule has 1 amide bonds. The molecule has 2 atom stereocenters. The van der Waals surface area contributed by atoms with Crippen LogP contribution in [0.15, 0.2) is 41.3 Å². The van der Waals surface area contributed by atoms with E-state index in [1.165, 1.54) is 24.3 Å². The molecule has 250 valence electrons. The molecule has 0 radical (unpaired) electrons. The van der Waals surface area contributed by atoms with E-state index in [0.717, 1.165) is 10.8 Å². The average molecular weight is 659 g/mol. The van der Waals surface area contributed by atoms with Gasteiger partial charge in [0.1, 0.15) is 17.7 Å². The van der Waals surface area contributed by atoms with Crippen LogP contribution < -0.4 is 10.9 Å². The third kappa shape index (κ3) is 8.08. The lowest BCUT2D eigenvalue weighted by molar-refractivity contribution is -0.139. The van der Waals surface area contributed by atoms with E-state index < -0.39 is 59.3 Å². The van der Waals surface area contributed by atoms with Gasteiger partial charge in [0.15, 0.2) is 0 Å². The Morgan fingerprint density at radius 2 is 1.74 bits per heavy atom. The molecule has 1 fully saturated rings. The highest BCUT2D eigenvalue weighted by molar-refractivity contribution is 5.82. The number of amides is 1. The maximum atomic E-state index is 15.8. The van der Waals surface area contributed by atoms with Gasteiger partial charge in [-0.05, 0) is 84.7 Å². The molecular weight excluding hydrogens is 623 g/mol. The Hall–Kier alpha value is -4.50. The highest BCUT2D eigenvalue weighted by Crippen LogP contribution is 2.36. The first-order valence-corrected chi connectivity index (χ1v) is 15.0. The Labute approximate surface area is 268 Å². The highest BCUT2D eigenvalue weighted by atomic mass is 19.4. The first-order chi connectivity index (χ1) is 22.0. The third-order valence-corrected chi connectivity index (χ3v) is 8.13. The SMILES string of the molecule is C#Cc1cc(-c2c(C)cc(F)cc2C)cc([C@@H](CC(=O)O)NC(=O)[C@H](CC(C)C)n2cc(CC3COC3)c(C(F)(F)F)cc2=O)c1F. The molecule has 4 rings (SSSR count). The monoisotopic (exact) mass is 658 g/mol. The molecule has 2 heterocycles. The van der Waals surface area contributed by atoms with E-state index in [0.29, 0.717) is 28.3 Å². The number of ether oxygens (including phenoxy) is 1. The number of benzene rings is 2. The van der Waals surface area contributed by atoms with E-state index >= 15 is 4.39 Å². The minimum Gasteiger partial charge on any atom is -0.481 e. The molecule has 12 heteroatoms. The van der Waals surface area contributed by atoms with Crippen molar-refractivity contribution in [1.29, 1.82) is 0 Å². The lowest BCUT2D eigenvalue weighted by Crippen LogP contribution is -2.41. The molecule has 0 saturated carbocycles. The minimum atomic E-state index is -4.82. The number of rotatable bonds is 11. The van der Waals surface area contributed by atoms with Crippen molar-refractivity contribution in [3.05, 3.63) is 91.9 Å². The summed E-state index contributed by atoms with van der Waals surface area (Å²) >= 11 is 0. The number of hydrogen-bond acceptors (Lipinski definition) is 4. The number of carboxylic acid groups (broad SMARTS) is 1. The smallest absolute Gasteiger partial charge is 0.416 e. The number of aryl methyl sites for hydroxylation is 2. The number of nitrogens with zero attached hydrogens (tertiary/aromatic N) is 1. The van der Waals surface area contributed by atoms with E-state index in [1.54, 1.807) is 27.7 Å². The molecule has 1 aliphatic heterocycles. The standard InChI is InChI=1S/C35H35F5N2O5/c1-6-22-11-23(32-19(4)8-25(36)9-20(32)5)12-26(33(22)37)28(14-31(44)45)41-34(46)29(7-18(2)3)42-15-24(10-21-16-47-17-21)27(13-30(42)43)35(38,39)40/h1,8-9,11-13,15,18,21,28-29H,7,10,14,16-17H2,2-5H3,(H,41,46)(H,44,45)/t28-,29+/m1/s1. The van der Waals surface area contributed by atoms with Gasteiger partial charge >= 0.3 is 12.1 Å². The highest BCUT2D eigenvalue weighted by Gasteiger charge is 2.37. The van der Waals surface area contributed by atoms with E-state index in [4.69, 9.17) is 11.2 Å². The summed E-state index contributed by atoms with van der Waals surface area (Å²) in [6.07, 6.45) is 0.963. The predicted molar refractivity (Wildman–Crippen MR) is 165 cm³/mol. The van der Waals surface area contributed by atoms with Gasteiger partial charge in [0.25, 0.3) is 5.56 Å². The number of carbonyl (C=O) groups excluding carboxylic acids is 1. The number of aromatic nitrogens is 1. The largest absolute Gasteiger partial charge is 0.481 e. The van der Waals surface area contributed by atoms with Crippen molar-refractivity contribution in [3.63, 3.8) is 0 Å². The molecule has 1 saturated heterocycles. The summed E-state index contributed by atoms with van der Waals surface area (Å²) in [6, 6.07) is 2.85. The van der Waals surface area contributed by atoms with Crippen LogP contribution in [0, 0.1) is 49.7 Å². The fourth-order valence-electron chi connectivity index (χ4n) is 5.97. The minimum absolute atomic E-state index is 0.00499. The quantitative estimate of drug-likeness (QED) is 0.181. The van der Waals surface area contributed by atoms with Crippen molar-refractivity contribution in [2.24, 2.45) is 11.8 Å². The number of alkyl halides is 3. The van der Waals surface area contributed by atoms with Crippen LogP contribution >= 0.6 is 0 Å². The number of pyridine rings is 1. The van der Waals surface area contributed by atoms with Gasteiger partial charge in [-0.25, -0.2) is 8.78 Å². The van der Waals surface area contributed by atoms with E-state index in [9.17, 15) is 37.1 Å². The summed E-state index contributed by atoms with van der Waals surface area (Å²) in [5, 5.41) is 12.3. The molecule has 3 aromatic rings. The van der Waals surface area contributed by atoms with Gasteiger partial charge in [0.2, 0.25) is 5.91 Å². The van der Waals surface area contributed by atoms with Crippen LogP contribution in [-0.4, -0.2) is 34.8 Å². The summed E-state index contributed by atoms with van der Waals surface area (Å²) in [7, 11) is 0. The predicted octanol–water partition coefficient (Wildman–Crippen LogP) is 6.52. The normalized spacial score (nSPS) is 14.7. The molecule has 1 aromatic heterocycles. The summed E-state index contributed by atoms with van der Waals surface area (Å²) in [6.45, 7) is 7.28. The number of carbonyl (C=O) groups is 2.